The molecule has 1 unspecified atom stereocenters. The van der Waals surface area contributed by atoms with Crippen LogP contribution in [-0.4, -0.2) is 29.1 Å². The van der Waals surface area contributed by atoms with Crippen LogP contribution in [0.3, 0.4) is 0 Å². The van der Waals surface area contributed by atoms with Crippen LogP contribution in [0.25, 0.3) is 11.0 Å². The van der Waals surface area contributed by atoms with Crippen molar-refractivity contribution < 1.29 is 13.9 Å². The van der Waals surface area contributed by atoms with Gasteiger partial charge in [-0.15, -0.1) is 0 Å². The maximum atomic E-state index is 14.0. The van der Waals surface area contributed by atoms with Gasteiger partial charge in [0.25, 0.3) is 0 Å². The molecule has 0 radical (unpaired) electrons. The third-order valence-corrected chi connectivity index (χ3v) is 4.92. The summed E-state index contributed by atoms with van der Waals surface area (Å²) < 4.78 is 28.5. The largest absolute Gasteiger partial charge is 0.353 e. The van der Waals surface area contributed by atoms with Gasteiger partial charge in [0.05, 0.1) is 18.2 Å². The van der Waals surface area contributed by atoms with Gasteiger partial charge < -0.3 is 14.0 Å². The van der Waals surface area contributed by atoms with Crippen molar-refractivity contribution in [3.63, 3.8) is 0 Å². The molecule has 1 aromatic carbocycles. The Balaban J connectivity index is 1.58. The molecule has 2 aromatic rings. The fourth-order valence-electron chi connectivity index (χ4n) is 3.40. The lowest BCUT2D eigenvalue weighted by Crippen LogP contribution is -2.25. The van der Waals surface area contributed by atoms with E-state index in [2.05, 4.69) is 25.5 Å². The Bertz CT molecular complexity index is 697. The molecular formula is C16H18BrFN2O2. The third kappa shape index (κ3) is 2.57. The van der Waals surface area contributed by atoms with E-state index in [1.807, 2.05) is 6.07 Å². The van der Waals surface area contributed by atoms with Gasteiger partial charge in [-0.25, -0.2) is 9.37 Å². The smallest absolute Gasteiger partial charge is 0.157 e. The number of nitrogens with zero attached hydrogens (tertiary/aromatic N) is 2. The Morgan fingerprint density at radius 3 is 3.09 bits per heavy atom. The number of aromatic nitrogens is 2. The fraction of sp³-hybridized carbons (Fsp3) is 0.562. The molecule has 0 amide bonds. The van der Waals surface area contributed by atoms with Gasteiger partial charge in [-0.05, 0) is 37.8 Å². The van der Waals surface area contributed by atoms with Crippen molar-refractivity contribution in [1.82, 2.24) is 9.55 Å². The number of benzene rings is 1. The van der Waals surface area contributed by atoms with E-state index >= 15 is 0 Å². The number of ether oxygens (including phenoxy) is 2. The lowest BCUT2D eigenvalue weighted by molar-refractivity contribution is -0.167. The predicted octanol–water partition coefficient (Wildman–Crippen LogP) is 3.97. The molecule has 0 N–H and O–H groups in total. The third-order valence-electron chi connectivity index (χ3n) is 4.47. The molecule has 1 aromatic heterocycles. The average molecular weight is 369 g/mol. The quantitative estimate of drug-likeness (QED) is 0.822. The van der Waals surface area contributed by atoms with Crippen LogP contribution in [0.2, 0.25) is 0 Å². The minimum Gasteiger partial charge on any atom is -0.353 e. The minimum absolute atomic E-state index is 0.0870. The summed E-state index contributed by atoms with van der Waals surface area (Å²) in [6.07, 6.45) is 5.00. The van der Waals surface area contributed by atoms with Crippen LogP contribution in [0.4, 0.5) is 4.39 Å². The Kier molecular flexibility index (Phi) is 3.92. The Hall–Kier alpha value is -0.980. The molecule has 3 heterocycles. The topological polar surface area (TPSA) is 36.3 Å². The van der Waals surface area contributed by atoms with Crippen LogP contribution in [0.1, 0.15) is 37.5 Å². The number of hydrogen-bond acceptors (Lipinski definition) is 3. The number of halogens is 2. The highest BCUT2D eigenvalue weighted by Gasteiger charge is 2.28. The monoisotopic (exact) mass is 368 g/mol. The SMILES string of the molecule is Fc1cc(Br)cc2c1nc1n2[C@H](COC2CCCCO2)CC1. The Morgan fingerprint density at radius 2 is 2.27 bits per heavy atom. The van der Waals surface area contributed by atoms with Gasteiger partial charge in [0.2, 0.25) is 0 Å². The predicted molar refractivity (Wildman–Crippen MR) is 84.3 cm³/mol. The van der Waals surface area contributed by atoms with Crippen LogP contribution in [0.5, 0.6) is 0 Å². The van der Waals surface area contributed by atoms with E-state index in [-0.39, 0.29) is 18.1 Å². The van der Waals surface area contributed by atoms with Crippen LogP contribution in [0, 0.1) is 5.82 Å². The summed E-state index contributed by atoms with van der Waals surface area (Å²) in [6, 6.07) is 3.61. The van der Waals surface area contributed by atoms with Gasteiger partial charge in [0, 0.05) is 17.5 Å². The fourth-order valence-corrected chi connectivity index (χ4v) is 3.81. The molecule has 22 heavy (non-hydrogen) atoms. The summed E-state index contributed by atoms with van der Waals surface area (Å²) in [5.74, 6) is 0.673. The number of hydrogen-bond donors (Lipinski definition) is 0. The standard InChI is InChI=1S/C16H18BrFN2O2/c17-10-7-12(18)16-13(8-10)20-11(4-5-14(20)19-16)9-22-15-3-1-2-6-21-15/h7-8,11,15H,1-6,9H2/t11-,15?/m0/s1. The summed E-state index contributed by atoms with van der Waals surface area (Å²) >= 11 is 3.37. The highest BCUT2D eigenvalue weighted by Crippen LogP contribution is 2.34. The summed E-state index contributed by atoms with van der Waals surface area (Å²) in [5.41, 5.74) is 1.30. The second kappa shape index (κ2) is 5.91. The van der Waals surface area contributed by atoms with E-state index < -0.39 is 0 Å². The van der Waals surface area contributed by atoms with Crippen molar-refractivity contribution in [3.8, 4) is 0 Å². The molecule has 2 atom stereocenters. The van der Waals surface area contributed by atoms with Crippen LogP contribution in [0.15, 0.2) is 16.6 Å². The maximum Gasteiger partial charge on any atom is 0.157 e. The molecule has 2 aliphatic rings. The zero-order valence-corrected chi connectivity index (χ0v) is 13.8. The molecule has 0 saturated carbocycles. The van der Waals surface area contributed by atoms with Gasteiger partial charge in [-0.1, -0.05) is 15.9 Å². The first-order chi connectivity index (χ1) is 10.7. The second-order valence-corrected chi connectivity index (χ2v) is 6.89. The number of imidazole rings is 1. The summed E-state index contributed by atoms with van der Waals surface area (Å²) in [5, 5.41) is 0. The minimum atomic E-state index is -0.276. The van der Waals surface area contributed by atoms with Crippen molar-refractivity contribution >= 4 is 27.0 Å². The summed E-state index contributed by atoms with van der Waals surface area (Å²) in [4.78, 5) is 4.46. The van der Waals surface area contributed by atoms with Crippen LogP contribution >= 0.6 is 15.9 Å². The highest BCUT2D eigenvalue weighted by atomic mass is 79.9. The lowest BCUT2D eigenvalue weighted by Gasteiger charge is -2.24. The van der Waals surface area contributed by atoms with Gasteiger partial charge >= 0.3 is 0 Å². The van der Waals surface area contributed by atoms with E-state index in [9.17, 15) is 4.39 Å². The average Bonchev–Trinajstić information content (AvgIpc) is 3.06. The zero-order chi connectivity index (χ0) is 15.1. The van der Waals surface area contributed by atoms with Crippen molar-refractivity contribution in [2.24, 2.45) is 0 Å². The number of aryl methyl sites for hydroxylation is 1. The molecule has 0 bridgehead atoms. The lowest BCUT2D eigenvalue weighted by atomic mass is 10.2. The zero-order valence-electron chi connectivity index (χ0n) is 12.2. The first-order valence-corrected chi connectivity index (χ1v) is 8.61. The molecule has 4 nitrogen and oxygen atoms in total. The van der Waals surface area contributed by atoms with Gasteiger partial charge in [-0.3, -0.25) is 0 Å². The van der Waals surface area contributed by atoms with Crippen molar-refractivity contribution in [3.05, 3.63) is 28.2 Å². The first-order valence-electron chi connectivity index (χ1n) is 7.81. The highest BCUT2D eigenvalue weighted by molar-refractivity contribution is 9.10. The Labute approximate surface area is 136 Å². The molecule has 1 saturated heterocycles. The van der Waals surface area contributed by atoms with Crippen LogP contribution < -0.4 is 0 Å². The van der Waals surface area contributed by atoms with Gasteiger partial charge in [-0.2, -0.15) is 0 Å². The van der Waals surface area contributed by atoms with Crippen molar-refractivity contribution in [2.45, 2.75) is 44.4 Å². The molecule has 6 heteroatoms. The van der Waals surface area contributed by atoms with Crippen molar-refractivity contribution in [1.29, 1.82) is 0 Å². The maximum absolute atomic E-state index is 14.0. The Morgan fingerprint density at radius 1 is 1.36 bits per heavy atom. The molecule has 4 rings (SSSR count). The van der Waals surface area contributed by atoms with Gasteiger partial charge in [0.1, 0.15) is 11.3 Å². The van der Waals surface area contributed by atoms with Crippen LogP contribution in [-0.2, 0) is 15.9 Å². The van der Waals surface area contributed by atoms with Gasteiger partial charge in [0.15, 0.2) is 12.1 Å². The van der Waals surface area contributed by atoms with E-state index in [1.54, 1.807) is 0 Å². The first kappa shape index (κ1) is 14.6. The number of rotatable bonds is 3. The van der Waals surface area contributed by atoms with E-state index in [0.29, 0.717) is 12.1 Å². The molecule has 0 spiro atoms. The number of fused-ring (bicyclic) bond motifs is 3. The van der Waals surface area contributed by atoms with E-state index in [4.69, 9.17) is 9.47 Å². The molecule has 0 aliphatic carbocycles. The molecule has 2 aliphatic heterocycles. The van der Waals surface area contributed by atoms with E-state index in [0.717, 1.165) is 54.5 Å². The second-order valence-electron chi connectivity index (χ2n) is 5.98. The normalized spacial score (nSPS) is 24.8. The summed E-state index contributed by atoms with van der Waals surface area (Å²) in [7, 11) is 0. The van der Waals surface area contributed by atoms with Crippen molar-refractivity contribution in [2.75, 3.05) is 13.2 Å². The molecule has 118 valence electrons. The molecule has 1 fully saturated rings. The summed E-state index contributed by atoms with van der Waals surface area (Å²) in [6.45, 7) is 1.38. The molecular weight excluding hydrogens is 351 g/mol. The van der Waals surface area contributed by atoms with E-state index in [1.165, 1.54) is 6.07 Å².